The SMILES string of the molecule is N#Cc1cccc(NC(=O)N2CCN(C(=O)Cc3c[nH]c4ccccc34)CC2)c1. The van der Waals surface area contributed by atoms with E-state index in [9.17, 15) is 9.59 Å². The minimum atomic E-state index is -0.219. The standard InChI is InChI=1S/C22H21N5O2/c23-14-16-4-3-5-18(12-16)25-22(29)27-10-8-26(9-11-27)21(28)13-17-15-24-20-7-2-1-6-19(17)20/h1-7,12,15,24H,8-11,13H2,(H,25,29). The Morgan fingerprint density at radius 2 is 1.79 bits per heavy atom. The first kappa shape index (κ1) is 18.6. The summed E-state index contributed by atoms with van der Waals surface area (Å²) in [5, 5.41) is 12.8. The third kappa shape index (κ3) is 4.06. The molecule has 0 aliphatic carbocycles. The normalized spacial score (nSPS) is 13.9. The maximum absolute atomic E-state index is 12.7. The van der Waals surface area contributed by atoms with Crippen molar-refractivity contribution in [2.75, 3.05) is 31.5 Å². The summed E-state index contributed by atoms with van der Waals surface area (Å²) < 4.78 is 0. The van der Waals surface area contributed by atoms with Crippen LogP contribution in [0.15, 0.2) is 54.7 Å². The van der Waals surface area contributed by atoms with Gasteiger partial charge in [0, 0.05) is 49.0 Å². The van der Waals surface area contributed by atoms with Crippen LogP contribution in [0.1, 0.15) is 11.1 Å². The Bertz CT molecular complexity index is 1090. The number of para-hydroxylation sites is 1. The average molecular weight is 387 g/mol. The van der Waals surface area contributed by atoms with Crippen molar-refractivity contribution in [1.82, 2.24) is 14.8 Å². The Morgan fingerprint density at radius 3 is 2.59 bits per heavy atom. The van der Waals surface area contributed by atoms with Crippen LogP contribution >= 0.6 is 0 Å². The highest BCUT2D eigenvalue weighted by Crippen LogP contribution is 2.19. The summed E-state index contributed by atoms with van der Waals surface area (Å²) in [5.74, 6) is 0.0662. The predicted octanol–water partition coefficient (Wildman–Crippen LogP) is 2.96. The third-order valence-electron chi connectivity index (χ3n) is 5.18. The van der Waals surface area contributed by atoms with Crippen LogP contribution in [0.4, 0.5) is 10.5 Å². The molecule has 7 nitrogen and oxygen atoms in total. The number of urea groups is 1. The van der Waals surface area contributed by atoms with Gasteiger partial charge in [0.15, 0.2) is 0 Å². The molecule has 0 radical (unpaired) electrons. The zero-order valence-electron chi connectivity index (χ0n) is 15.9. The number of carbonyl (C=O) groups excluding carboxylic acids is 2. The van der Waals surface area contributed by atoms with Crippen molar-refractivity contribution in [2.45, 2.75) is 6.42 Å². The molecule has 1 fully saturated rings. The second-order valence-corrected chi connectivity index (χ2v) is 7.03. The summed E-state index contributed by atoms with van der Waals surface area (Å²) in [7, 11) is 0. The molecule has 4 rings (SSSR count). The second-order valence-electron chi connectivity index (χ2n) is 7.03. The van der Waals surface area contributed by atoms with Gasteiger partial charge in [-0.25, -0.2) is 4.79 Å². The van der Waals surface area contributed by atoms with E-state index in [4.69, 9.17) is 5.26 Å². The number of hydrogen-bond donors (Lipinski definition) is 2. The highest BCUT2D eigenvalue weighted by atomic mass is 16.2. The molecule has 1 saturated heterocycles. The number of anilines is 1. The predicted molar refractivity (Wildman–Crippen MR) is 110 cm³/mol. The lowest BCUT2D eigenvalue weighted by atomic mass is 10.1. The van der Waals surface area contributed by atoms with Gasteiger partial charge in [0.05, 0.1) is 18.1 Å². The van der Waals surface area contributed by atoms with E-state index in [2.05, 4.69) is 16.4 Å². The van der Waals surface area contributed by atoms with Crippen LogP contribution in [0.25, 0.3) is 10.9 Å². The topological polar surface area (TPSA) is 92.2 Å². The molecule has 2 aromatic carbocycles. The maximum Gasteiger partial charge on any atom is 0.321 e. The van der Waals surface area contributed by atoms with Crippen molar-refractivity contribution in [3.63, 3.8) is 0 Å². The van der Waals surface area contributed by atoms with Crippen LogP contribution in [0, 0.1) is 11.3 Å². The smallest absolute Gasteiger partial charge is 0.321 e. The number of nitriles is 1. The van der Waals surface area contributed by atoms with Crippen molar-refractivity contribution < 1.29 is 9.59 Å². The molecule has 0 spiro atoms. The molecule has 0 atom stereocenters. The van der Waals surface area contributed by atoms with Gasteiger partial charge in [0.1, 0.15) is 0 Å². The summed E-state index contributed by atoms with van der Waals surface area (Å²) in [4.78, 5) is 31.9. The first-order valence-corrected chi connectivity index (χ1v) is 9.53. The molecule has 146 valence electrons. The molecule has 1 aliphatic rings. The van der Waals surface area contributed by atoms with Gasteiger partial charge in [-0.05, 0) is 29.8 Å². The number of aromatic nitrogens is 1. The number of fused-ring (bicyclic) bond motifs is 1. The fourth-order valence-electron chi connectivity index (χ4n) is 3.58. The lowest BCUT2D eigenvalue weighted by Crippen LogP contribution is -2.52. The van der Waals surface area contributed by atoms with Crippen LogP contribution in [-0.4, -0.2) is 52.9 Å². The molecule has 0 bridgehead atoms. The Kier molecular flexibility index (Phi) is 5.16. The minimum absolute atomic E-state index is 0.0662. The number of H-pyrrole nitrogens is 1. The van der Waals surface area contributed by atoms with Gasteiger partial charge >= 0.3 is 6.03 Å². The van der Waals surface area contributed by atoms with Crippen LogP contribution in [0.5, 0.6) is 0 Å². The average Bonchev–Trinajstić information content (AvgIpc) is 3.17. The lowest BCUT2D eigenvalue weighted by molar-refractivity contribution is -0.131. The van der Waals surface area contributed by atoms with E-state index in [-0.39, 0.29) is 11.9 Å². The van der Waals surface area contributed by atoms with Crippen molar-refractivity contribution in [2.24, 2.45) is 0 Å². The fraction of sp³-hybridized carbons (Fsp3) is 0.227. The van der Waals surface area contributed by atoms with Gasteiger partial charge < -0.3 is 20.1 Å². The number of piperazine rings is 1. The number of hydrogen-bond acceptors (Lipinski definition) is 3. The highest BCUT2D eigenvalue weighted by molar-refractivity contribution is 5.90. The third-order valence-corrected chi connectivity index (χ3v) is 5.18. The molecule has 0 saturated carbocycles. The Balaban J connectivity index is 1.32. The molecule has 1 aromatic heterocycles. The maximum atomic E-state index is 12.7. The summed E-state index contributed by atoms with van der Waals surface area (Å²) in [6.45, 7) is 1.96. The molecule has 1 aliphatic heterocycles. The van der Waals surface area contributed by atoms with Crippen LogP contribution < -0.4 is 5.32 Å². The van der Waals surface area contributed by atoms with Gasteiger partial charge in [-0.15, -0.1) is 0 Å². The van der Waals surface area contributed by atoms with E-state index in [1.54, 1.807) is 29.2 Å². The first-order valence-electron chi connectivity index (χ1n) is 9.53. The Labute approximate surface area is 168 Å². The van der Waals surface area contributed by atoms with Gasteiger partial charge in [0.25, 0.3) is 0 Å². The molecule has 3 amide bonds. The number of benzene rings is 2. The van der Waals surface area contributed by atoms with E-state index in [1.807, 2.05) is 35.4 Å². The molecule has 29 heavy (non-hydrogen) atoms. The number of nitrogens with zero attached hydrogens (tertiary/aromatic N) is 3. The summed E-state index contributed by atoms with van der Waals surface area (Å²) >= 11 is 0. The Morgan fingerprint density at radius 1 is 1.03 bits per heavy atom. The number of rotatable bonds is 3. The van der Waals surface area contributed by atoms with Gasteiger partial charge in [-0.1, -0.05) is 24.3 Å². The number of carbonyl (C=O) groups is 2. The lowest BCUT2D eigenvalue weighted by Gasteiger charge is -2.34. The summed E-state index contributed by atoms with van der Waals surface area (Å²) in [5.41, 5.74) is 3.10. The zero-order valence-corrected chi connectivity index (χ0v) is 15.9. The number of aromatic amines is 1. The van der Waals surface area contributed by atoms with E-state index >= 15 is 0 Å². The van der Waals surface area contributed by atoms with Crippen molar-refractivity contribution in [3.8, 4) is 6.07 Å². The van der Waals surface area contributed by atoms with E-state index in [0.29, 0.717) is 43.9 Å². The highest BCUT2D eigenvalue weighted by Gasteiger charge is 2.24. The second kappa shape index (κ2) is 8.07. The first-order chi connectivity index (χ1) is 14.1. The van der Waals surface area contributed by atoms with Crippen molar-refractivity contribution >= 4 is 28.5 Å². The monoisotopic (exact) mass is 387 g/mol. The Hall–Kier alpha value is -3.79. The molecule has 7 heteroatoms. The van der Waals surface area contributed by atoms with E-state index < -0.39 is 0 Å². The summed E-state index contributed by atoms with van der Waals surface area (Å²) in [6, 6.07) is 16.6. The van der Waals surface area contributed by atoms with Crippen LogP contribution in [0.2, 0.25) is 0 Å². The number of nitrogens with one attached hydrogen (secondary N) is 2. The molecule has 3 aromatic rings. The van der Waals surface area contributed by atoms with Crippen molar-refractivity contribution in [1.29, 1.82) is 5.26 Å². The molecule has 2 N–H and O–H groups in total. The zero-order chi connectivity index (χ0) is 20.2. The minimum Gasteiger partial charge on any atom is -0.361 e. The van der Waals surface area contributed by atoms with Crippen LogP contribution in [0.3, 0.4) is 0 Å². The number of amides is 3. The van der Waals surface area contributed by atoms with Crippen molar-refractivity contribution in [3.05, 3.63) is 65.9 Å². The molecule has 0 unspecified atom stereocenters. The largest absolute Gasteiger partial charge is 0.361 e. The van der Waals surface area contributed by atoms with E-state index in [0.717, 1.165) is 16.5 Å². The molecule has 2 heterocycles. The summed E-state index contributed by atoms with van der Waals surface area (Å²) in [6.07, 6.45) is 2.23. The van der Waals surface area contributed by atoms with Crippen LogP contribution in [-0.2, 0) is 11.2 Å². The quantitative estimate of drug-likeness (QED) is 0.724. The fourth-order valence-corrected chi connectivity index (χ4v) is 3.58. The van der Waals surface area contributed by atoms with Gasteiger partial charge in [-0.3, -0.25) is 4.79 Å². The molecular formula is C22H21N5O2. The van der Waals surface area contributed by atoms with E-state index in [1.165, 1.54) is 0 Å². The van der Waals surface area contributed by atoms with Gasteiger partial charge in [-0.2, -0.15) is 5.26 Å². The van der Waals surface area contributed by atoms with Gasteiger partial charge in [0.2, 0.25) is 5.91 Å². The molecular weight excluding hydrogens is 366 g/mol.